The van der Waals surface area contributed by atoms with Gasteiger partial charge in [0.15, 0.2) is 0 Å². The Morgan fingerprint density at radius 2 is 1.82 bits per heavy atom. The number of ether oxygens (including phenoxy) is 1. The van der Waals surface area contributed by atoms with E-state index in [4.69, 9.17) is 4.74 Å². The molecule has 0 spiro atoms. The fourth-order valence-electron chi connectivity index (χ4n) is 4.06. The first-order valence-electron chi connectivity index (χ1n) is 10.7. The fraction of sp³-hybridized carbons (Fsp3) is 0.652. The van der Waals surface area contributed by atoms with E-state index in [1.807, 2.05) is 18.7 Å². The molecule has 28 heavy (non-hydrogen) atoms. The Bertz CT molecular complexity index is 706. The molecule has 5 nitrogen and oxygen atoms in total. The second kappa shape index (κ2) is 8.97. The maximum absolute atomic E-state index is 13.2. The van der Waals surface area contributed by atoms with Gasteiger partial charge in [0.1, 0.15) is 0 Å². The van der Waals surface area contributed by atoms with Crippen LogP contribution in [0.25, 0.3) is 0 Å². The van der Waals surface area contributed by atoms with Gasteiger partial charge < -0.3 is 14.5 Å². The minimum absolute atomic E-state index is 0.00938. The molecule has 0 aromatic heterocycles. The lowest BCUT2D eigenvalue weighted by Gasteiger charge is -2.36. The van der Waals surface area contributed by atoms with Crippen molar-refractivity contribution in [3.8, 4) is 0 Å². The summed E-state index contributed by atoms with van der Waals surface area (Å²) in [6.45, 7) is 10.9. The molecule has 0 aliphatic carbocycles. The van der Waals surface area contributed by atoms with E-state index in [1.54, 1.807) is 4.90 Å². The molecule has 2 heterocycles. The van der Waals surface area contributed by atoms with Gasteiger partial charge in [0, 0.05) is 31.2 Å². The number of anilines is 1. The standard InChI is InChI=1S/C23H34N2O3/c1-16(2)15-28-23(27)24-12-9-18(10-13-24)22(26)25-11-5-6-20-14-19(17(3)4)7-8-21(20)25/h7-8,14,16-18H,5-6,9-13,15H2,1-4H3. The number of carbonyl (C=O) groups is 2. The molecule has 2 aliphatic rings. The summed E-state index contributed by atoms with van der Waals surface area (Å²) in [6.07, 6.45) is 3.24. The zero-order valence-corrected chi connectivity index (χ0v) is 17.7. The quantitative estimate of drug-likeness (QED) is 0.760. The van der Waals surface area contributed by atoms with Crippen LogP contribution in [-0.2, 0) is 16.0 Å². The molecule has 0 radical (unpaired) electrons. The number of fused-ring (bicyclic) bond motifs is 1. The lowest BCUT2D eigenvalue weighted by atomic mass is 9.91. The lowest BCUT2D eigenvalue weighted by molar-refractivity contribution is -0.123. The van der Waals surface area contributed by atoms with Crippen LogP contribution < -0.4 is 4.90 Å². The molecular weight excluding hydrogens is 352 g/mol. The summed E-state index contributed by atoms with van der Waals surface area (Å²) in [5.41, 5.74) is 3.71. The average molecular weight is 387 g/mol. The maximum atomic E-state index is 13.2. The van der Waals surface area contributed by atoms with Crippen LogP contribution in [0.5, 0.6) is 0 Å². The van der Waals surface area contributed by atoms with Crippen molar-refractivity contribution in [3.05, 3.63) is 29.3 Å². The van der Waals surface area contributed by atoms with E-state index in [9.17, 15) is 9.59 Å². The van der Waals surface area contributed by atoms with E-state index < -0.39 is 0 Å². The van der Waals surface area contributed by atoms with E-state index in [-0.39, 0.29) is 17.9 Å². The van der Waals surface area contributed by atoms with E-state index in [1.165, 1.54) is 11.1 Å². The summed E-state index contributed by atoms with van der Waals surface area (Å²) in [6, 6.07) is 6.55. The molecule has 0 N–H and O–H groups in total. The number of benzene rings is 1. The van der Waals surface area contributed by atoms with Crippen molar-refractivity contribution in [2.24, 2.45) is 11.8 Å². The highest BCUT2D eigenvalue weighted by Crippen LogP contribution is 2.32. The number of likely N-dealkylation sites (tertiary alicyclic amines) is 1. The first-order valence-corrected chi connectivity index (χ1v) is 10.7. The van der Waals surface area contributed by atoms with Gasteiger partial charge in [0.2, 0.25) is 5.91 Å². The number of amides is 2. The number of piperidine rings is 1. The minimum atomic E-state index is -0.246. The minimum Gasteiger partial charge on any atom is -0.449 e. The van der Waals surface area contributed by atoms with Gasteiger partial charge in [-0.3, -0.25) is 4.79 Å². The van der Waals surface area contributed by atoms with Crippen molar-refractivity contribution in [2.75, 3.05) is 31.1 Å². The smallest absolute Gasteiger partial charge is 0.409 e. The molecule has 154 valence electrons. The molecule has 1 fully saturated rings. The number of aryl methyl sites for hydroxylation is 1. The van der Waals surface area contributed by atoms with Crippen LogP contribution in [0, 0.1) is 11.8 Å². The third-order valence-corrected chi connectivity index (χ3v) is 5.80. The van der Waals surface area contributed by atoms with Gasteiger partial charge in [-0.2, -0.15) is 0 Å². The Kier molecular flexibility index (Phi) is 6.63. The Morgan fingerprint density at radius 3 is 2.46 bits per heavy atom. The van der Waals surface area contributed by atoms with Gasteiger partial charge >= 0.3 is 6.09 Å². The predicted octanol–water partition coefficient (Wildman–Crippen LogP) is 4.59. The third-order valence-electron chi connectivity index (χ3n) is 5.80. The van der Waals surface area contributed by atoms with Gasteiger partial charge in [-0.1, -0.05) is 39.8 Å². The second-order valence-corrected chi connectivity index (χ2v) is 8.87. The number of carbonyl (C=O) groups excluding carboxylic acids is 2. The van der Waals surface area contributed by atoms with Crippen LogP contribution in [0.15, 0.2) is 18.2 Å². The SMILES string of the molecule is CC(C)COC(=O)N1CCC(C(=O)N2CCCc3cc(C(C)C)ccc32)CC1. The normalized spacial score (nSPS) is 17.8. The molecule has 2 amide bonds. The average Bonchev–Trinajstić information content (AvgIpc) is 2.70. The van der Waals surface area contributed by atoms with Gasteiger partial charge in [0.05, 0.1) is 6.61 Å². The first kappa shape index (κ1) is 20.7. The number of hydrogen-bond donors (Lipinski definition) is 0. The Hall–Kier alpha value is -2.04. The van der Waals surface area contributed by atoms with Gasteiger partial charge in [-0.05, 0) is 54.7 Å². The number of rotatable bonds is 4. The number of nitrogens with zero attached hydrogens (tertiary/aromatic N) is 2. The van der Waals surface area contributed by atoms with Crippen molar-refractivity contribution in [1.82, 2.24) is 4.90 Å². The van der Waals surface area contributed by atoms with Crippen LogP contribution >= 0.6 is 0 Å². The summed E-state index contributed by atoms with van der Waals surface area (Å²) in [5.74, 6) is 1.04. The van der Waals surface area contributed by atoms with E-state index >= 15 is 0 Å². The first-order chi connectivity index (χ1) is 13.4. The van der Waals surface area contributed by atoms with Gasteiger partial charge in [-0.25, -0.2) is 4.79 Å². The van der Waals surface area contributed by atoms with Crippen LogP contribution in [0.3, 0.4) is 0 Å². The largest absolute Gasteiger partial charge is 0.449 e. The summed E-state index contributed by atoms with van der Waals surface area (Å²) >= 11 is 0. The van der Waals surface area contributed by atoms with E-state index in [0.717, 1.165) is 25.1 Å². The molecule has 0 unspecified atom stereocenters. The molecule has 0 saturated carbocycles. The summed E-state index contributed by atoms with van der Waals surface area (Å²) < 4.78 is 5.32. The zero-order valence-electron chi connectivity index (χ0n) is 17.7. The monoisotopic (exact) mass is 386 g/mol. The summed E-state index contributed by atoms with van der Waals surface area (Å²) in [5, 5.41) is 0. The van der Waals surface area contributed by atoms with Gasteiger partial charge in [-0.15, -0.1) is 0 Å². The van der Waals surface area contributed by atoms with Crippen LogP contribution in [0.2, 0.25) is 0 Å². The van der Waals surface area contributed by atoms with Crippen LogP contribution in [-0.4, -0.2) is 43.1 Å². The summed E-state index contributed by atoms with van der Waals surface area (Å²) in [7, 11) is 0. The molecular formula is C23H34N2O3. The number of hydrogen-bond acceptors (Lipinski definition) is 3. The van der Waals surface area contributed by atoms with Crippen molar-refractivity contribution >= 4 is 17.7 Å². The van der Waals surface area contributed by atoms with Crippen molar-refractivity contribution in [1.29, 1.82) is 0 Å². The highest BCUT2D eigenvalue weighted by Gasteiger charge is 2.33. The van der Waals surface area contributed by atoms with E-state index in [2.05, 4.69) is 32.0 Å². The fourth-order valence-corrected chi connectivity index (χ4v) is 4.06. The highest BCUT2D eigenvalue weighted by atomic mass is 16.6. The molecule has 1 aromatic carbocycles. The lowest BCUT2D eigenvalue weighted by Crippen LogP contribution is -2.46. The molecule has 3 rings (SSSR count). The Labute approximate surface area is 169 Å². The second-order valence-electron chi connectivity index (χ2n) is 8.87. The topological polar surface area (TPSA) is 49.9 Å². The molecule has 5 heteroatoms. The van der Waals surface area contributed by atoms with E-state index in [0.29, 0.717) is 44.4 Å². The van der Waals surface area contributed by atoms with Crippen LogP contribution in [0.1, 0.15) is 64.0 Å². The maximum Gasteiger partial charge on any atom is 0.409 e. The van der Waals surface area contributed by atoms with Crippen molar-refractivity contribution < 1.29 is 14.3 Å². The molecule has 2 aliphatic heterocycles. The molecule has 0 atom stereocenters. The molecule has 1 aromatic rings. The van der Waals surface area contributed by atoms with Crippen molar-refractivity contribution in [2.45, 2.75) is 59.3 Å². The van der Waals surface area contributed by atoms with Crippen LogP contribution in [0.4, 0.5) is 10.5 Å². The third kappa shape index (κ3) is 4.68. The summed E-state index contributed by atoms with van der Waals surface area (Å²) in [4.78, 5) is 29.1. The highest BCUT2D eigenvalue weighted by molar-refractivity contribution is 5.96. The molecule has 1 saturated heterocycles. The Morgan fingerprint density at radius 1 is 1.11 bits per heavy atom. The van der Waals surface area contributed by atoms with Crippen molar-refractivity contribution in [3.63, 3.8) is 0 Å². The molecule has 0 bridgehead atoms. The van der Waals surface area contributed by atoms with Gasteiger partial charge in [0.25, 0.3) is 0 Å². The Balaban J connectivity index is 1.61. The zero-order chi connectivity index (χ0) is 20.3. The predicted molar refractivity (Wildman–Crippen MR) is 112 cm³/mol.